The molecule has 22 heavy (non-hydrogen) atoms. The predicted molar refractivity (Wildman–Crippen MR) is 80.6 cm³/mol. The largest absolute Gasteiger partial charge is 0.477 e. The molecule has 0 aliphatic rings. The molecule has 6 heteroatoms. The van der Waals surface area contributed by atoms with Crippen LogP contribution in [0.1, 0.15) is 41.6 Å². The van der Waals surface area contributed by atoms with Crippen molar-refractivity contribution in [1.29, 1.82) is 0 Å². The lowest BCUT2D eigenvalue weighted by Crippen LogP contribution is -2.31. The van der Waals surface area contributed by atoms with Gasteiger partial charge in [0.25, 0.3) is 5.56 Å². The van der Waals surface area contributed by atoms with Gasteiger partial charge in [-0.05, 0) is 18.2 Å². The number of hydrogen-bond donors (Lipinski definition) is 1. The number of aromatic nitrogens is 2. The van der Waals surface area contributed by atoms with Crippen molar-refractivity contribution in [1.82, 2.24) is 9.78 Å². The first-order chi connectivity index (χ1) is 10.2. The Morgan fingerprint density at radius 2 is 1.73 bits per heavy atom. The van der Waals surface area contributed by atoms with Crippen molar-refractivity contribution in [3.05, 3.63) is 58.0 Å². The lowest BCUT2D eigenvalue weighted by atomic mass is 9.88. The molecule has 0 aliphatic carbocycles. The number of hydrogen-bond acceptors (Lipinski definition) is 4. The Morgan fingerprint density at radius 3 is 2.23 bits per heavy atom. The van der Waals surface area contributed by atoms with Gasteiger partial charge in [-0.2, -0.15) is 9.78 Å². The minimum Gasteiger partial charge on any atom is -0.477 e. The molecule has 0 fully saturated rings. The highest BCUT2D eigenvalue weighted by molar-refractivity contribution is 5.99. The Hall–Kier alpha value is -2.76. The average molecular weight is 300 g/mol. The van der Waals surface area contributed by atoms with Crippen molar-refractivity contribution in [3.8, 4) is 5.69 Å². The van der Waals surface area contributed by atoms with Crippen LogP contribution in [-0.2, 0) is 0 Å². The van der Waals surface area contributed by atoms with E-state index in [0.29, 0.717) is 5.69 Å². The Kier molecular flexibility index (Phi) is 3.95. The lowest BCUT2D eigenvalue weighted by molar-refractivity contribution is 0.0694. The monoisotopic (exact) mass is 300 g/mol. The summed E-state index contributed by atoms with van der Waals surface area (Å²) in [6, 6.07) is 9.43. The van der Waals surface area contributed by atoms with E-state index in [1.54, 1.807) is 51.1 Å². The predicted octanol–water partition coefficient (Wildman–Crippen LogP) is 2.16. The Bertz CT molecular complexity index is 786. The quantitative estimate of drug-likeness (QED) is 0.877. The van der Waals surface area contributed by atoms with Crippen LogP contribution in [0.3, 0.4) is 0 Å². The molecule has 1 aromatic heterocycles. The van der Waals surface area contributed by atoms with Crippen molar-refractivity contribution in [2.45, 2.75) is 20.8 Å². The van der Waals surface area contributed by atoms with Crippen LogP contribution in [0.4, 0.5) is 0 Å². The van der Waals surface area contributed by atoms with Crippen LogP contribution < -0.4 is 5.56 Å². The molecule has 2 rings (SSSR count). The van der Waals surface area contributed by atoms with Gasteiger partial charge < -0.3 is 5.11 Å². The summed E-state index contributed by atoms with van der Waals surface area (Å²) in [5.41, 5.74) is -1.63. The summed E-state index contributed by atoms with van der Waals surface area (Å²) in [4.78, 5) is 35.9. The molecule has 0 amide bonds. The number of carbonyl (C=O) groups excluding carboxylic acids is 1. The van der Waals surface area contributed by atoms with Gasteiger partial charge in [-0.3, -0.25) is 9.59 Å². The van der Waals surface area contributed by atoms with Gasteiger partial charge in [-0.15, -0.1) is 0 Å². The van der Waals surface area contributed by atoms with E-state index in [-0.39, 0.29) is 11.5 Å². The summed E-state index contributed by atoms with van der Waals surface area (Å²) in [6.07, 6.45) is 0. The first-order valence-electron chi connectivity index (χ1n) is 6.69. The van der Waals surface area contributed by atoms with E-state index >= 15 is 0 Å². The van der Waals surface area contributed by atoms with E-state index in [0.717, 1.165) is 10.7 Å². The fourth-order valence-electron chi connectivity index (χ4n) is 1.89. The number of benzene rings is 1. The highest BCUT2D eigenvalue weighted by Crippen LogP contribution is 2.19. The molecule has 114 valence electrons. The smallest absolute Gasteiger partial charge is 0.341 e. The minimum absolute atomic E-state index is 0.0478. The second kappa shape index (κ2) is 5.55. The molecule has 0 saturated heterocycles. The Balaban J connectivity index is 2.74. The standard InChI is InChI=1S/C16H16N2O4/c1-16(2,3)13(19)12-9-11(15(21)22)14(20)18(17-12)10-7-5-4-6-8-10/h4-9H,1-3H3,(H,21,22). The number of Topliss-reactive ketones (excluding diaryl/α,β-unsaturated/α-hetero) is 1. The second-order valence-electron chi connectivity index (χ2n) is 5.88. The normalized spacial score (nSPS) is 11.2. The van der Waals surface area contributed by atoms with E-state index in [1.165, 1.54) is 0 Å². The maximum Gasteiger partial charge on any atom is 0.341 e. The summed E-state index contributed by atoms with van der Waals surface area (Å²) in [6.45, 7) is 5.11. The number of carboxylic acids is 1. The van der Waals surface area contributed by atoms with Crippen molar-refractivity contribution >= 4 is 11.8 Å². The average Bonchev–Trinajstić information content (AvgIpc) is 2.46. The topological polar surface area (TPSA) is 89.3 Å². The van der Waals surface area contributed by atoms with Gasteiger partial charge >= 0.3 is 5.97 Å². The van der Waals surface area contributed by atoms with E-state index in [1.807, 2.05) is 0 Å². The third kappa shape index (κ3) is 2.95. The molecule has 6 nitrogen and oxygen atoms in total. The summed E-state index contributed by atoms with van der Waals surface area (Å²) < 4.78 is 0.947. The molecule has 0 radical (unpaired) electrons. The fourth-order valence-corrected chi connectivity index (χ4v) is 1.89. The molecule has 1 N–H and O–H groups in total. The van der Waals surface area contributed by atoms with Gasteiger partial charge in [0.1, 0.15) is 11.3 Å². The highest BCUT2D eigenvalue weighted by Gasteiger charge is 2.27. The van der Waals surface area contributed by atoms with E-state index in [9.17, 15) is 19.5 Å². The number of carboxylic acid groups (broad SMARTS) is 1. The zero-order valence-corrected chi connectivity index (χ0v) is 12.5. The van der Waals surface area contributed by atoms with Crippen LogP contribution >= 0.6 is 0 Å². The van der Waals surface area contributed by atoms with Crippen LogP contribution in [0.5, 0.6) is 0 Å². The number of aromatic carboxylic acids is 1. The van der Waals surface area contributed by atoms with E-state index in [4.69, 9.17) is 0 Å². The lowest BCUT2D eigenvalue weighted by Gasteiger charge is -2.17. The SMILES string of the molecule is CC(C)(C)C(=O)c1cc(C(=O)O)c(=O)n(-c2ccccc2)n1. The summed E-state index contributed by atoms with van der Waals surface area (Å²) in [5, 5.41) is 13.2. The van der Waals surface area contributed by atoms with Gasteiger partial charge in [0.05, 0.1) is 5.69 Å². The number of carbonyl (C=O) groups is 2. The van der Waals surface area contributed by atoms with Crippen LogP contribution in [0.25, 0.3) is 5.69 Å². The summed E-state index contributed by atoms with van der Waals surface area (Å²) >= 11 is 0. The zero-order chi connectivity index (χ0) is 16.5. The van der Waals surface area contributed by atoms with Crippen molar-refractivity contribution in [2.75, 3.05) is 0 Å². The van der Waals surface area contributed by atoms with Gasteiger partial charge in [0, 0.05) is 5.41 Å². The maximum absolute atomic E-state index is 12.4. The second-order valence-corrected chi connectivity index (χ2v) is 5.88. The minimum atomic E-state index is -1.39. The number of rotatable bonds is 3. The Morgan fingerprint density at radius 1 is 1.14 bits per heavy atom. The van der Waals surface area contributed by atoms with Gasteiger partial charge in [-0.1, -0.05) is 39.0 Å². The highest BCUT2D eigenvalue weighted by atomic mass is 16.4. The fraction of sp³-hybridized carbons (Fsp3) is 0.250. The van der Waals surface area contributed by atoms with Gasteiger partial charge in [-0.25, -0.2) is 4.79 Å². The molecule has 0 saturated carbocycles. The van der Waals surface area contributed by atoms with E-state index in [2.05, 4.69) is 5.10 Å². The zero-order valence-electron chi connectivity index (χ0n) is 12.5. The van der Waals surface area contributed by atoms with Crippen molar-refractivity contribution in [3.63, 3.8) is 0 Å². The van der Waals surface area contributed by atoms with Crippen LogP contribution in [-0.4, -0.2) is 26.6 Å². The number of ketones is 1. The van der Waals surface area contributed by atoms with Crippen LogP contribution in [0, 0.1) is 5.41 Å². The van der Waals surface area contributed by atoms with Gasteiger partial charge in [0.15, 0.2) is 5.78 Å². The molecule has 0 bridgehead atoms. The summed E-state index contributed by atoms with van der Waals surface area (Å²) in [5.74, 6) is -1.72. The maximum atomic E-state index is 12.4. The third-order valence-corrected chi connectivity index (χ3v) is 3.06. The number of nitrogens with zero attached hydrogens (tertiary/aromatic N) is 2. The third-order valence-electron chi connectivity index (χ3n) is 3.06. The van der Waals surface area contributed by atoms with Crippen LogP contribution in [0.15, 0.2) is 41.2 Å². The summed E-state index contributed by atoms with van der Waals surface area (Å²) in [7, 11) is 0. The molecule has 0 aliphatic heterocycles. The van der Waals surface area contributed by atoms with Crippen LogP contribution in [0.2, 0.25) is 0 Å². The molecular weight excluding hydrogens is 284 g/mol. The first-order valence-corrected chi connectivity index (χ1v) is 6.69. The van der Waals surface area contributed by atoms with Crippen molar-refractivity contribution < 1.29 is 14.7 Å². The number of para-hydroxylation sites is 1. The molecule has 0 atom stereocenters. The molecule has 0 unspecified atom stereocenters. The van der Waals surface area contributed by atoms with E-state index < -0.39 is 22.5 Å². The Labute approximate surface area is 127 Å². The van der Waals surface area contributed by atoms with Gasteiger partial charge in [0.2, 0.25) is 0 Å². The molecule has 1 heterocycles. The van der Waals surface area contributed by atoms with Crippen molar-refractivity contribution in [2.24, 2.45) is 5.41 Å². The molecule has 2 aromatic rings. The first kappa shape index (κ1) is 15.6. The molecule has 0 spiro atoms. The molecular formula is C16H16N2O4. The molecule has 1 aromatic carbocycles.